The zero-order valence-electron chi connectivity index (χ0n) is 31.4. The van der Waals surface area contributed by atoms with Gasteiger partial charge in [0.2, 0.25) is 0 Å². The first-order valence-electron chi connectivity index (χ1n) is 19.8. The van der Waals surface area contributed by atoms with E-state index in [2.05, 4.69) is 126 Å². The van der Waals surface area contributed by atoms with Crippen molar-refractivity contribution in [3.63, 3.8) is 0 Å². The first-order valence-corrected chi connectivity index (χ1v) is 19.8. The van der Waals surface area contributed by atoms with Crippen LogP contribution < -0.4 is 0 Å². The molecule has 9 aromatic carbocycles. The lowest BCUT2D eigenvalue weighted by atomic mass is 10.0. The molecule has 6 nitrogen and oxygen atoms in total. The van der Waals surface area contributed by atoms with Crippen LogP contribution in [0.5, 0.6) is 0 Å². The van der Waals surface area contributed by atoms with Crippen LogP contribution >= 0.6 is 0 Å². The highest BCUT2D eigenvalue weighted by molar-refractivity contribution is 6.18. The molecule has 0 spiro atoms. The first-order chi connectivity index (χ1) is 29.2. The number of rotatable bonds is 4. The molecular weight excluding hydrogens is 725 g/mol. The van der Waals surface area contributed by atoms with E-state index in [1.165, 1.54) is 21.5 Å². The number of benzene rings is 9. The van der Waals surface area contributed by atoms with Crippen molar-refractivity contribution in [2.24, 2.45) is 0 Å². The van der Waals surface area contributed by atoms with Gasteiger partial charge in [0.05, 0.1) is 16.7 Å². The average molecular weight is 755 g/mol. The molecule has 0 N–H and O–H groups in total. The standard InChI is InChI=1S/C53H30N4O2/c1-2-14-32(15-3-1)51-54-52(39-21-12-24-47-49(39)38-20-9-11-23-46(38)58-47)56-53(55-51)42-30-48-41(37-26-25-31-13-6-7-18-35(31)50(37)59-48)29-45(42)57-43-22-10-8-19-36(43)40-27-33-16-4-5-17-34(33)28-44(40)57/h1-30H. The predicted octanol–water partition coefficient (Wildman–Crippen LogP) is 14.1. The number of hydrogen-bond acceptors (Lipinski definition) is 5. The van der Waals surface area contributed by atoms with Crippen LogP contribution in [0.15, 0.2) is 191 Å². The molecule has 0 aliphatic carbocycles. The average Bonchev–Trinajstić information content (AvgIpc) is 3.97. The van der Waals surface area contributed by atoms with Crippen LogP contribution in [-0.4, -0.2) is 19.5 Å². The Kier molecular flexibility index (Phi) is 6.63. The largest absolute Gasteiger partial charge is 0.456 e. The summed E-state index contributed by atoms with van der Waals surface area (Å²) in [5, 5.41) is 11.0. The Morgan fingerprint density at radius 3 is 1.90 bits per heavy atom. The molecule has 59 heavy (non-hydrogen) atoms. The Bertz CT molecular complexity index is 3860. The zero-order valence-corrected chi connectivity index (χ0v) is 31.4. The maximum absolute atomic E-state index is 6.87. The summed E-state index contributed by atoms with van der Waals surface area (Å²) in [5.74, 6) is 1.67. The lowest BCUT2D eigenvalue weighted by Crippen LogP contribution is -2.04. The molecule has 0 amide bonds. The second kappa shape index (κ2) is 12.2. The maximum atomic E-state index is 6.87. The summed E-state index contributed by atoms with van der Waals surface area (Å²) in [6, 6.07) is 63.3. The van der Waals surface area contributed by atoms with Crippen LogP contribution in [0.4, 0.5) is 0 Å². The maximum Gasteiger partial charge on any atom is 0.166 e. The molecule has 0 aliphatic rings. The highest BCUT2D eigenvalue weighted by Gasteiger charge is 2.24. The highest BCUT2D eigenvalue weighted by atomic mass is 16.3. The molecule has 0 aliphatic heterocycles. The van der Waals surface area contributed by atoms with Crippen LogP contribution in [0, 0.1) is 0 Å². The molecule has 0 atom stereocenters. The molecule has 0 saturated carbocycles. The zero-order chi connectivity index (χ0) is 38.6. The van der Waals surface area contributed by atoms with E-state index in [1.807, 2.05) is 60.7 Å². The van der Waals surface area contributed by atoms with Gasteiger partial charge in [-0.05, 0) is 64.7 Å². The molecule has 0 bridgehead atoms. The number of hydrogen-bond donors (Lipinski definition) is 0. The van der Waals surface area contributed by atoms with Crippen LogP contribution in [0.1, 0.15) is 0 Å². The van der Waals surface area contributed by atoms with Crippen LogP contribution in [0.25, 0.3) is 127 Å². The van der Waals surface area contributed by atoms with E-state index in [0.717, 1.165) is 88.1 Å². The normalized spacial score (nSPS) is 12.1. The molecular formula is C53H30N4O2. The number of para-hydroxylation sites is 2. The van der Waals surface area contributed by atoms with Crippen molar-refractivity contribution in [1.82, 2.24) is 19.5 Å². The summed E-state index contributed by atoms with van der Waals surface area (Å²) in [6.45, 7) is 0. The van der Waals surface area contributed by atoms with Gasteiger partial charge in [-0.15, -0.1) is 0 Å². The van der Waals surface area contributed by atoms with E-state index in [9.17, 15) is 0 Å². The molecule has 6 heteroatoms. The number of furan rings is 2. The molecule has 0 radical (unpaired) electrons. The van der Waals surface area contributed by atoms with Gasteiger partial charge < -0.3 is 13.4 Å². The number of aromatic nitrogens is 4. The first kappa shape index (κ1) is 32.0. The molecule has 13 aromatic rings. The van der Waals surface area contributed by atoms with Crippen molar-refractivity contribution >= 4 is 87.2 Å². The molecule has 0 fully saturated rings. The van der Waals surface area contributed by atoms with Gasteiger partial charge >= 0.3 is 0 Å². The molecule has 274 valence electrons. The lowest BCUT2D eigenvalue weighted by molar-refractivity contribution is 0.669. The summed E-state index contributed by atoms with van der Waals surface area (Å²) >= 11 is 0. The molecule has 0 saturated heterocycles. The quantitative estimate of drug-likeness (QED) is 0.179. The molecule has 4 aromatic heterocycles. The summed E-state index contributed by atoms with van der Waals surface area (Å²) in [6.07, 6.45) is 0. The summed E-state index contributed by atoms with van der Waals surface area (Å²) in [5.41, 5.74) is 8.91. The predicted molar refractivity (Wildman–Crippen MR) is 240 cm³/mol. The van der Waals surface area contributed by atoms with E-state index in [-0.39, 0.29) is 0 Å². The van der Waals surface area contributed by atoms with Gasteiger partial charge in [0.15, 0.2) is 17.5 Å². The Morgan fingerprint density at radius 1 is 0.356 bits per heavy atom. The van der Waals surface area contributed by atoms with E-state index in [1.54, 1.807) is 0 Å². The minimum Gasteiger partial charge on any atom is -0.456 e. The third-order valence-electron chi connectivity index (χ3n) is 11.8. The molecule has 13 rings (SSSR count). The smallest absolute Gasteiger partial charge is 0.166 e. The monoisotopic (exact) mass is 754 g/mol. The fourth-order valence-electron chi connectivity index (χ4n) is 9.11. The Morgan fingerprint density at radius 2 is 1.03 bits per heavy atom. The SMILES string of the molecule is c1ccc(-c2nc(-c3cc4oc5c6ccccc6ccc5c4cc3-n3c4ccccc4c4cc5ccccc5cc43)nc(-c3cccc4oc5ccccc5c34)n2)cc1. The van der Waals surface area contributed by atoms with Crippen molar-refractivity contribution in [3.05, 3.63) is 182 Å². The molecule has 0 unspecified atom stereocenters. The number of fused-ring (bicyclic) bond motifs is 12. The van der Waals surface area contributed by atoms with Crippen LogP contribution in [0.2, 0.25) is 0 Å². The van der Waals surface area contributed by atoms with E-state index < -0.39 is 0 Å². The highest BCUT2D eigenvalue weighted by Crippen LogP contribution is 2.43. The second-order valence-electron chi connectivity index (χ2n) is 15.1. The third-order valence-corrected chi connectivity index (χ3v) is 11.8. The van der Waals surface area contributed by atoms with E-state index >= 15 is 0 Å². The number of nitrogens with zero attached hydrogens (tertiary/aromatic N) is 4. The Hall–Kier alpha value is -8.09. The Labute approximate surface area is 336 Å². The van der Waals surface area contributed by atoms with Crippen molar-refractivity contribution in [2.45, 2.75) is 0 Å². The minimum atomic E-state index is 0.535. The van der Waals surface area contributed by atoms with Crippen molar-refractivity contribution in [3.8, 4) is 39.9 Å². The van der Waals surface area contributed by atoms with Crippen molar-refractivity contribution in [2.75, 3.05) is 0 Å². The van der Waals surface area contributed by atoms with Gasteiger partial charge in [-0.1, -0.05) is 133 Å². The van der Waals surface area contributed by atoms with E-state index in [4.69, 9.17) is 23.8 Å². The van der Waals surface area contributed by atoms with Gasteiger partial charge in [0, 0.05) is 54.4 Å². The van der Waals surface area contributed by atoms with Gasteiger partial charge in [0.1, 0.15) is 22.3 Å². The van der Waals surface area contributed by atoms with E-state index in [0.29, 0.717) is 17.5 Å². The van der Waals surface area contributed by atoms with Crippen LogP contribution in [0.3, 0.4) is 0 Å². The third kappa shape index (κ3) is 4.77. The summed E-state index contributed by atoms with van der Waals surface area (Å²) < 4.78 is 15.6. The Balaban J connectivity index is 1.18. The summed E-state index contributed by atoms with van der Waals surface area (Å²) in [4.78, 5) is 15.9. The van der Waals surface area contributed by atoms with Crippen molar-refractivity contribution in [1.29, 1.82) is 0 Å². The minimum absolute atomic E-state index is 0.535. The molecule has 4 heterocycles. The fourth-order valence-corrected chi connectivity index (χ4v) is 9.11. The van der Waals surface area contributed by atoms with Crippen LogP contribution in [-0.2, 0) is 0 Å². The van der Waals surface area contributed by atoms with Gasteiger partial charge in [-0.2, -0.15) is 0 Å². The second-order valence-corrected chi connectivity index (χ2v) is 15.1. The fraction of sp³-hybridized carbons (Fsp3) is 0. The van der Waals surface area contributed by atoms with Gasteiger partial charge in [-0.3, -0.25) is 0 Å². The van der Waals surface area contributed by atoms with Crippen molar-refractivity contribution < 1.29 is 8.83 Å². The van der Waals surface area contributed by atoms with Gasteiger partial charge in [-0.25, -0.2) is 15.0 Å². The lowest BCUT2D eigenvalue weighted by Gasteiger charge is -2.15. The topological polar surface area (TPSA) is 69.9 Å². The summed E-state index contributed by atoms with van der Waals surface area (Å²) in [7, 11) is 0. The van der Waals surface area contributed by atoms with Gasteiger partial charge in [0.25, 0.3) is 0 Å².